The zero-order valence-electron chi connectivity index (χ0n) is 10.2. The van der Waals surface area contributed by atoms with Crippen LogP contribution >= 0.6 is 0 Å². The van der Waals surface area contributed by atoms with Crippen LogP contribution in [0.1, 0.15) is 0 Å². The van der Waals surface area contributed by atoms with Gasteiger partial charge in [0.25, 0.3) is 5.39 Å². The van der Waals surface area contributed by atoms with E-state index in [1.54, 1.807) is 48.6 Å². The second-order valence-electron chi connectivity index (χ2n) is 3.57. The molecule has 1 N–H and O–H groups in total. The summed E-state index contributed by atoms with van der Waals surface area (Å²) in [5.41, 5.74) is 8.50. The van der Waals surface area contributed by atoms with Crippen molar-refractivity contribution in [2.75, 3.05) is 0 Å². The average Bonchev–Trinajstić information content (AvgIpc) is 2.48. The van der Waals surface area contributed by atoms with Crippen LogP contribution in [0.4, 0.5) is 0 Å². The largest absolute Gasteiger partial charge is 0.339 e. The minimum atomic E-state index is 0.387. The van der Waals surface area contributed by atoms with Gasteiger partial charge < -0.3 is 0 Å². The Hall–Kier alpha value is -3.34. The highest BCUT2D eigenvalue weighted by atomic mass is 15.3. The van der Waals surface area contributed by atoms with E-state index >= 15 is 0 Å². The first-order chi connectivity index (χ1) is 9.85. The molecule has 2 rings (SSSR count). The fraction of sp³-hybridized carbons (Fsp3) is 0. The third kappa shape index (κ3) is 3.11. The van der Waals surface area contributed by atoms with Crippen molar-refractivity contribution in [2.45, 2.75) is 0 Å². The van der Waals surface area contributed by atoms with Crippen LogP contribution in [-0.2, 0) is 0 Å². The Balaban J connectivity index is 2.33. The first kappa shape index (κ1) is 13.1. The van der Waals surface area contributed by atoms with E-state index in [1.807, 2.05) is 0 Å². The lowest BCUT2D eigenvalue weighted by Crippen LogP contribution is -2.13. The Morgan fingerprint density at radius 1 is 0.750 bits per heavy atom. The van der Waals surface area contributed by atoms with Crippen LogP contribution in [0.5, 0.6) is 0 Å². The van der Waals surface area contributed by atoms with Gasteiger partial charge in [-0.25, -0.2) is 0 Å². The van der Waals surface area contributed by atoms with Gasteiger partial charge in [0, 0.05) is 0 Å². The second-order valence-corrected chi connectivity index (χ2v) is 3.57. The number of rotatable bonds is 2. The van der Waals surface area contributed by atoms with Gasteiger partial charge >= 0.3 is 5.08 Å². The minimum absolute atomic E-state index is 0.387. The summed E-state index contributed by atoms with van der Waals surface area (Å²) >= 11 is 0. The molecule has 0 bridgehead atoms. The van der Waals surface area contributed by atoms with E-state index in [0.717, 1.165) is 0 Å². The van der Waals surface area contributed by atoms with Crippen LogP contribution < -0.4 is 0 Å². The maximum atomic E-state index is 8.48. The number of allylic oxidation sites excluding steroid dienone is 8. The molecule has 0 saturated carbocycles. The van der Waals surface area contributed by atoms with Gasteiger partial charge in [0.2, 0.25) is 0 Å². The van der Waals surface area contributed by atoms with Gasteiger partial charge in [-0.15, -0.1) is 15.3 Å². The Bertz CT molecular complexity index is 691. The minimum Gasteiger partial charge on any atom is -0.185 e. The normalized spacial score (nSPS) is 24.8. The number of nitrogens with zero attached hydrogens (tertiary/aromatic N) is 7. The van der Waals surface area contributed by atoms with Crippen LogP contribution in [0, 0.1) is 10.9 Å². The quantitative estimate of drug-likeness (QED) is 0.351. The molecule has 0 spiro atoms. The molecule has 2 aliphatic carbocycles. The summed E-state index contributed by atoms with van der Waals surface area (Å²) in [5, 5.41) is 29.4. The summed E-state index contributed by atoms with van der Waals surface area (Å²) in [5.74, 6) is 0. The maximum absolute atomic E-state index is 8.48. The molecule has 96 valence electrons. The van der Waals surface area contributed by atoms with Crippen LogP contribution in [0.2, 0.25) is 0 Å². The fourth-order valence-corrected chi connectivity index (χ4v) is 1.48. The van der Waals surface area contributed by atoms with Crippen molar-refractivity contribution in [2.24, 2.45) is 25.6 Å². The smallest absolute Gasteiger partial charge is 0.185 e. The average molecular weight is 265 g/mol. The number of hydrogen-bond donors (Lipinski definition) is 1. The number of hydrogen-bond acceptors (Lipinski definition) is 6. The van der Waals surface area contributed by atoms with E-state index in [2.05, 4.69) is 30.7 Å². The van der Waals surface area contributed by atoms with Crippen LogP contribution in [0.3, 0.4) is 0 Å². The molecular weight excluding hydrogens is 256 g/mol. The molecule has 0 aromatic carbocycles. The summed E-state index contributed by atoms with van der Waals surface area (Å²) in [6, 6.07) is 0. The first-order valence-electron chi connectivity index (χ1n) is 5.57. The van der Waals surface area contributed by atoms with Crippen molar-refractivity contribution in [3.8, 4) is 0 Å². The summed E-state index contributed by atoms with van der Waals surface area (Å²) < 4.78 is 0. The van der Waals surface area contributed by atoms with Gasteiger partial charge in [-0.2, -0.15) is 5.53 Å². The van der Waals surface area contributed by atoms with Crippen molar-refractivity contribution < 1.29 is 0 Å². The topological polar surface area (TPSA) is 114 Å². The molecule has 0 heterocycles. The third-order valence-electron chi connectivity index (χ3n) is 2.34. The predicted molar refractivity (Wildman–Crippen MR) is 76.5 cm³/mol. The molecule has 0 aromatic rings. The lowest BCUT2D eigenvalue weighted by molar-refractivity contribution is 0.993. The molecule has 0 amide bonds. The van der Waals surface area contributed by atoms with Gasteiger partial charge in [-0.05, 0) is 24.3 Å². The Morgan fingerprint density at radius 2 is 1.20 bits per heavy atom. The molecule has 0 atom stereocenters. The van der Waals surface area contributed by atoms with E-state index < -0.39 is 0 Å². The standard InChI is InChI=1S/C12H9N8/c13-19-17-11-7-3-1-5-9(11)15-16-10-6-2-4-8-12(10)18-20-14/h1-8,13H/q+1. The van der Waals surface area contributed by atoms with E-state index in [1.165, 1.54) is 0 Å². The first-order valence-corrected chi connectivity index (χ1v) is 5.57. The Kier molecular flexibility index (Phi) is 4.29. The second kappa shape index (κ2) is 6.55. The summed E-state index contributed by atoms with van der Waals surface area (Å²) in [7, 11) is 0. The van der Waals surface area contributed by atoms with E-state index in [0.29, 0.717) is 22.8 Å². The van der Waals surface area contributed by atoms with Gasteiger partial charge in [-0.1, -0.05) is 29.5 Å². The van der Waals surface area contributed by atoms with Crippen molar-refractivity contribution in [1.82, 2.24) is 0 Å². The van der Waals surface area contributed by atoms with Gasteiger partial charge in [0.05, 0.1) is 0 Å². The Labute approximate surface area is 114 Å². The summed E-state index contributed by atoms with van der Waals surface area (Å²) in [6.45, 7) is 0. The SMILES string of the molecule is N#[N+]N=C1C=CC=CC1=NN=C1C=CC=CC1=NN=N. The predicted octanol–water partition coefficient (Wildman–Crippen LogP) is 2.63. The number of nitrogens with one attached hydrogen (secondary N) is 1. The molecule has 8 nitrogen and oxygen atoms in total. The molecule has 0 aliphatic heterocycles. The molecular formula is C12H9N8+. The molecule has 20 heavy (non-hydrogen) atoms. The zero-order valence-corrected chi connectivity index (χ0v) is 10.2. The van der Waals surface area contributed by atoms with Gasteiger partial charge in [0.15, 0.2) is 10.8 Å². The molecule has 0 fully saturated rings. The lowest BCUT2D eigenvalue weighted by atomic mass is 10.1. The molecule has 0 aromatic heterocycles. The molecule has 0 radical (unpaired) electrons. The van der Waals surface area contributed by atoms with Crippen molar-refractivity contribution in [3.05, 3.63) is 53.7 Å². The zero-order chi connectivity index (χ0) is 14.2. The summed E-state index contributed by atoms with van der Waals surface area (Å²) in [6.07, 6.45) is 13.7. The van der Waals surface area contributed by atoms with Crippen LogP contribution in [-0.4, -0.2) is 22.8 Å². The highest BCUT2D eigenvalue weighted by molar-refractivity contribution is 6.52. The molecule has 0 saturated heterocycles. The van der Waals surface area contributed by atoms with Crippen molar-refractivity contribution in [3.63, 3.8) is 0 Å². The highest BCUT2D eigenvalue weighted by Gasteiger charge is 2.11. The lowest BCUT2D eigenvalue weighted by Gasteiger charge is -2.02. The molecule has 2 aliphatic rings. The van der Waals surface area contributed by atoms with Crippen LogP contribution in [0.15, 0.2) is 74.2 Å². The monoisotopic (exact) mass is 265 g/mol. The van der Waals surface area contributed by atoms with E-state index in [-0.39, 0.29) is 0 Å². The highest BCUT2D eigenvalue weighted by Crippen LogP contribution is 2.03. The Morgan fingerprint density at radius 3 is 1.70 bits per heavy atom. The molecule has 0 unspecified atom stereocenters. The summed E-state index contributed by atoms with van der Waals surface area (Å²) in [4.78, 5) is 0. The van der Waals surface area contributed by atoms with E-state index in [9.17, 15) is 0 Å². The van der Waals surface area contributed by atoms with Crippen molar-refractivity contribution >= 4 is 22.8 Å². The van der Waals surface area contributed by atoms with Gasteiger partial charge in [-0.3, -0.25) is 0 Å². The fourth-order valence-electron chi connectivity index (χ4n) is 1.48. The van der Waals surface area contributed by atoms with Crippen molar-refractivity contribution in [1.29, 1.82) is 10.9 Å². The maximum Gasteiger partial charge on any atom is 0.339 e. The van der Waals surface area contributed by atoms with E-state index in [4.69, 9.17) is 10.9 Å². The van der Waals surface area contributed by atoms with Crippen LogP contribution in [0.25, 0.3) is 5.08 Å². The third-order valence-corrected chi connectivity index (χ3v) is 2.34. The van der Waals surface area contributed by atoms with Gasteiger partial charge in [0.1, 0.15) is 17.1 Å². The molecule has 8 heteroatoms. The number of diazo groups is 1.